The number of rotatable bonds is 0. The fourth-order valence-electron chi connectivity index (χ4n) is 1.31. The summed E-state index contributed by atoms with van der Waals surface area (Å²) in [5.41, 5.74) is 1.68. The van der Waals surface area contributed by atoms with Gasteiger partial charge in [-0.1, -0.05) is 5.10 Å². The molecule has 0 aliphatic rings. The van der Waals surface area contributed by atoms with Gasteiger partial charge in [0.15, 0.2) is 5.65 Å². The lowest BCUT2D eigenvalue weighted by molar-refractivity contribution is 0.799. The van der Waals surface area contributed by atoms with Crippen molar-refractivity contribution in [3.63, 3.8) is 0 Å². The van der Waals surface area contributed by atoms with E-state index in [1.165, 1.54) is 0 Å². The predicted octanol–water partition coefficient (Wildman–Crippen LogP) is -0.525. The van der Waals surface area contributed by atoms with Crippen molar-refractivity contribution >= 4 is 11.4 Å². The zero-order valence-electron chi connectivity index (χ0n) is 6.79. The van der Waals surface area contributed by atoms with E-state index in [1.807, 2.05) is 13.0 Å². The Morgan fingerprint density at radius 3 is 3.15 bits per heavy atom. The first-order chi connectivity index (χ1) is 6.36. The molecule has 7 heteroatoms. The molecular formula is C6H5N7. The Labute approximate surface area is 72.0 Å². The van der Waals surface area contributed by atoms with Crippen molar-refractivity contribution in [1.82, 2.24) is 34.6 Å². The monoisotopic (exact) mass is 175 g/mol. The molecule has 0 atom stereocenters. The van der Waals surface area contributed by atoms with Crippen LogP contribution < -0.4 is 0 Å². The van der Waals surface area contributed by atoms with Crippen LogP contribution in [0.5, 0.6) is 0 Å². The Hall–Kier alpha value is -2.05. The Morgan fingerprint density at radius 2 is 2.23 bits per heavy atom. The van der Waals surface area contributed by atoms with Crippen molar-refractivity contribution in [2.45, 2.75) is 6.92 Å². The van der Waals surface area contributed by atoms with Crippen LogP contribution in [-0.4, -0.2) is 34.6 Å². The molecule has 13 heavy (non-hydrogen) atoms. The van der Waals surface area contributed by atoms with Gasteiger partial charge in [0.05, 0.1) is 0 Å². The van der Waals surface area contributed by atoms with Crippen LogP contribution >= 0.6 is 0 Å². The topological polar surface area (TPSA) is 73.3 Å². The van der Waals surface area contributed by atoms with Gasteiger partial charge in [0.1, 0.15) is 6.33 Å². The first kappa shape index (κ1) is 6.46. The summed E-state index contributed by atoms with van der Waals surface area (Å²) in [5.74, 6) is 0.625. The fraction of sp³-hybridized carbons (Fsp3) is 0.167. The molecule has 0 amide bonds. The van der Waals surface area contributed by atoms with Crippen LogP contribution in [0.1, 0.15) is 5.69 Å². The summed E-state index contributed by atoms with van der Waals surface area (Å²) in [6.07, 6.45) is 1.58. The number of aromatic nitrogens is 7. The molecule has 3 rings (SSSR count). The van der Waals surface area contributed by atoms with E-state index in [4.69, 9.17) is 0 Å². The first-order valence-electron chi connectivity index (χ1n) is 3.74. The van der Waals surface area contributed by atoms with E-state index in [0.29, 0.717) is 5.78 Å². The van der Waals surface area contributed by atoms with E-state index < -0.39 is 0 Å². The Kier molecular flexibility index (Phi) is 0.996. The zero-order valence-corrected chi connectivity index (χ0v) is 6.79. The Morgan fingerprint density at radius 1 is 1.31 bits per heavy atom. The summed E-state index contributed by atoms with van der Waals surface area (Å²) in [6, 6.07) is 1.87. The van der Waals surface area contributed by atoms with Crippen LogP contribution in [0.25, 0.3) is 11.4 Å². The maximum atomic E-state index is 3.91. The highest BCUT2D eigenvalue weighted by molar-refractivity contribution is 5.46. The minimum Gasteiger partial charge on any atom is -0.248 e. The van der Waals surface area contributed by atoms with Gasteiger partial charge in [-0.05, 0) is 17.4 Å². The van der Waals surface area contributed by atoms with Crippen LogP contribution in [0, 0.1) is 6.92 Å². The van der Waals surface area contributed by atoms with Gasteiger partial charge < -0.3 is 0 Å². The number of hydrogen-bond acceptors (Lipinski definition) is 5. The first-order valence-corrected chi connectivity index (χ1v) is 3.74. The third-order valence-corrected chi connectivity index (χ3v) is 1.91. The van der Waals surface area contributed by atoms with E-state index in [9.17, 15) is 0 Å². The highest BCUT2D eigenvalue weighted by Crippen LogP contribution is 2.06. The molecule has 0 fully saturated rings. The number of hydrogen-bond donors (Lipinski definition) is 0. The molecule has 0 N–H and O–H groups in total. The molecule has 7 nitrogen and oxygen atoms in total. The summed E-state index contributed by atoms with van der Waals surface area (Å²) in [4.78, 5) is 0. The highest BCUT2D eigenvalue weighted by Gasteiger charge is 2.06. The largest absolute Gasteiger partial charge is 0.261 e. The smallest absolute Gasteiger partial charge is 0.248 e. The van der Waals surface area contributed by atoms with Gasteiger partial charge in [0.25, 0.3) is 5.78 Å². The minimum absolute atomic E-state index is 0.625. The molecule has 0 aromatic carbocycles. The molecule has 0 radical (unpaired) electrons. The maximum absolute atomic E-state index is 3.91. The predicted molar refractivity (Wildman–Crippen MR) is 42.1 cm³/mol. The van der Waals surface area contributed by atoms with Gasteiger partial charge in [-0.3, -0.25) is 0 Å². The van der Waals surface area contributed by atoms with Crippen LogP contribution in [0.2, 0.25) is 0 Å². The molecule has 3 aromatic heterocycles. The quantitative estimate of drug-likeness (QED) is 0.459. The average molecular weight is 175 g/mol. The summed E-state index contributed by atoms with van der Waals surface area (Å²) >= 11 is 0. The normalized spacial score (nSPS) is 11.5. The Bertz CT molecular complexity index is 577. The second-order valence-electron chi connectivity index (χ2n) is 2.74. The van der Waals surface area contributed by atoms with E-state index in [1.54, 1.807) is 15.2 Å². The van der Waals surface area contributed by atoms with Gasteiger partial charge in [-0.25, -0.2) is 4.40 Å². The van der Waals surface area contributed by atoms with Gasteiger partial charge in [0, 0.05) is 11.8 Å². The Balaban J connectivity index is 2.70. The van der Waals surface area contributed by atoms with E-state index in [0.717, 1.165) is 11.3 Å². The van der Waals surface area contributed by atoms with Gasteiger partial charge in [-0.2, -0.15) is 4.52 Å². The molecule has 0 unspecified atom stereocenters. The fourth-order valence-corrected chi connectivity index (χ4v) is 1.31. The summed E-state index contributed by atoms with van der Waals surface area (Å²) in [5, 5.41) is 19.0. The van der Waals surface area contributed by atoms with Crippen molar-refractivity contribution in [3.05, 3.63) is 18.1 Å². The third-order valence-electron chi connectivity index (χ3n) is 1.91. The minimum atomic E-state index is 0.625. The lowest BCUT2D eigenvalue weighted by atomic mass is 10.4. The number of aryl methyl sites for hydroxylation is 1. The van der Waals surface area contributed by atoms with Crippen LogP contribution in [-0.2, 0) is 0 Å². The number of tetrazole rings is 1. The van der Waals surface area contributed by atoms with Crippen LogP contribution in [0.3, 0.4) is 0 Å². The second-order valence-corrected chi connectivity index (χ2v) is 2.74. The molecule has 3 aromatic rings. The molecule has 0 aliphatic heterocycles. The van der Waals surface area contributed by atoms with Gasteiger partial charge in [0.2, 0.25) is 0 Å². The van der Waals surface area contributed by atoms with Crippen LogP contribution in [0.15, 0.2) is 12.4 Å². The summed E-state index contributed by atoms with van der Waals surface area (Å²) < 4.78 is 3.36. The molecular weight excluding hydrogens is 170 g/mol. The summed E-state index contributed by atoms with van der Waals surface area (Å²) in [7, 11) is 0. The maximum Gasteiger partial charge on any atom is 0.261 e. The van der Waals surface area contributed by atoms with Crippen molar-refractivity contribution in [3.8, 4) is 0 Å². The number of nitrogens with zero attached hydrogens (tertiary/aromatic N) is 7. The zero-order chi connectivity index (χ0) is 8.84. The molecule has 0 spiro atoms. The highest BCUT2D eigenvalue weighted by atomic mass is 15.5. The van der Waals surface area contributed by atoms with E-state index in [-0.39, 0.29) is 0 Å². The molecule has 0 saturated heterocycles. The lowest BCUT2D eigenvalue weighted by Gasteiger charge is -1.96. The van der Waals surface area contributed by atoms with E-state index in [2.05, 4.69) is 25.7 Å². The van der Waals surface area contributed by atoms with Gasteiger partial charge in [-0.15, -0.1) is 10.2 Å². The number of fused-ring (bicyclic) bond motifs is 3. The van der Waals surface area contributed by atoms with Crippen molar-refractivity contribution in [1.29, 1.82) is 0 Å². The SMILES string of the molecule is Cc1cc2nncn2c2nnnn12. The van der Waals surface area contributed by atoms with Crippen molar-refractivity contribution in [2.24, 2.45) is 0 Å². The van der Waals surface area contributed by atoms with Gasteiger partial charge >= 0.3 is 0 Å². The van der Waals surface area contributed by atoms with Crippen molar-refractivity contribution in [2.75, 3.05) is 0 Å². The second kappa shape index (κ2) is 2.00. The standard InChI is InChI=1S/C6H5N7/c1-4-2-5-8-7-3-12(5)6-9-10-11-13(4)6/h2-3H,1H3. The third kappa shape index (κ3) is 0.701. The van der Waals surface area contributed by atoms with Crippen molar-refractivity contribution < 1.29 is 0 Å². The lowest BCUT2D eigenvalue weighted by Crippen LogP contribution is -1.99. The molecule has 0 bridgehead atoms. The average Bonchev–Trinajstić information content (AvgIpc) is 2.66. The summed E-state index contributed by atoms with van der Waals surface area (Å²) in [6.45, 7) is 1.91. The molecule has 0 aliphatic carbocycles. The molecule has 64 valence electrons. The van der Waals surface area contributed by atoms with Crippen LogP contribution in [0.4, 0.5) is 0 Å². The molecule has 3 heterocycles. The molecule has 0 saturated carbocycles. The van der Waals surface area contributed by atoms with E-state index >= 15 is 0 Å².